The third-order valence-corrected chi connectivity index (χ3v) is 3.39. The van der Waals surface area contributed by atoms with E-state index in [1.807, 2.05) is 0 Å². The maximum absolute atomic E-state index is 12.8. The molecule has 0 aromatic heterocycles. The lowest BCUT2D eigenvalue weighted by atomic mass is 10.1. The third kappa shape index (κ3) is 6.74. The van der Waals surface area contributed by atoms with Crippen molar-refractivity contribution in [2.45, 2.75) is 19.4 Å². The van der Waals surface area contributed by atoms with Crippen LogP contribution in [-0.4, -0.2) is 32.8 Å². The number of hydrogen-bond donors (Lipinski definition) is 2. The standard InChI is InChI=1S/C16H22FN3O.HI/c1-18-16(19-9-6-13-7-10-21-11-8-13)20-12-14-2-4-15(17)5-3-14;/h2-5,7H,6,8-12H2,1H3,(H2,18,19,20);1H. The van der Waals surface area contributed by atoms with Gasteiger partial charge in [0.2, 0.25) is 0 Å². The molecule has 1 heterocycles. The SMILES string of the molecule is CN=C(NCCC1=CCOCC1)NCc1ccc(F)cc1.I. The zero-order valence-electron chi connectivity index (χ0n) is 12.8. The van der Waals surface area contributed by atoms with E-state index < -0.39 is 0 Å². The van der Waals surface area contributed by atoms with Gasteiger partial charge in [0.1, 0.15) is 5.82 Å². The van der Waals surface area contributed by atoms with Crippen molar-refractivity contribution in [2.24, 2.45) is 4.99 Å². The Morgan fingerprint density at radius 2 is 2.05 bits per heavy atom. The highest BCUT2D eigenvalue weighted by Crippen LogP contribution is 2.10. The number of halogens is 2. The molecule has 1 aliphatic heterocycles. The van der Waals surface area contributed by atoms with E-state index in [4.69, 9.17) is 4.74 Å². The van der Waals surface area contributed by atoms with Gasteiger partial charge in [-0.25, -0.2) is 4.39 Å². The van der Waals surface area contributed by atoms with Crippen LogP contribution in [0.1, 0.15) is 18.4 Å². The van der Waals surface area contributed by atoms with Crippen LogP contribution in [-0.2, 0) is 11.3 Å². The minimum absolute atomic E-state index is 0. The van der Waals surface area contributed by atoms with E-state index in [2.05, 4.69) is 21.7 Å². The molecule has 6 heteroatoms. The zero-order valence-corrected chi connectivity index (χ0v) is 15.1. The van der Waals surface area contributed by atoms with Gasteiger partial charge in [-0.15, -0.1) is 24.0 Å². The average Bonchev–Trinajstić information content (AvgIpc) is 2.53. The van der Waals surface area contributed by atoms with E-state index in [0.29, 0.717) is 6.54 Å². The van der Waals surface area contributed by atoms with Crippen molar-refractivity contribution in [3.63, 3.8) is 0 Å². The largest absolute Gasteiger partial charge is 0.377 e. The highest BCUT2D eigenvalue weighted by Gasteiger charge is 2.04. The van der Waals surface area contributed by atoms with E-state index in [0.717, 1.165) is 44.1 Å². The summed E-state index contributed by atoms with van der Waals surface area (Å²) in [5, 5.41) is 6.50. The molecule has 2 rings (SSSR count). The molecule has 0 aliphatic carbocycles. The molecule has 0 saturated carbocycles. The molecule has 2 N–H and O–H groups in total. The second-order valence-electron chi connectivity index (χ2n) is 4.92. The zero-order chi connectivity index (χ0) is 14.9. The Bertz CT molecular complexity index is 503. The van der Waals surface area contributed by atoms with Gasteiger partial charge in [0, 0.05) is 20.1 Å². The van der Waals surface area contributed by atoms with Crippen molar-refractivity contribution < 1.29 is 9.13 Å². The van der Waals surface area contributed by atoms with Gasteiger partial charge in [-0.05, 0) is 30.5 Å². The minimum Gasteiger partial charge on any atom is -0.377 e. The van der Waals surface area contributed by atoms with Crippen molar-refractivity contribution in [2.75, 3.05) is 26.8 Å². The van der Waals surface area contributed by atoms with E-state index in [9.17, 15) is 4.39 Å². The number of nitrogens with zero attached hydrogens (tertiary/aromatic N) is 1. The molecule has 0 unspecified atom stereocenters. The van der Waals surface area contributed by atoms with E-state index in [1.165, 1.54) is 17.7 Å². The molecule has 0 saturated heterocycles. The van der Waals surface area contributed by atoms with Crippen LogP contribution >= 0.6 is 24.0 Å². The molecule has 0 fully saturated rings. The summed E-state index contributed by atoms with van der Waals surface area (Å²) in [6.07, 6.45) is 4.17. The summed E-state index contributed by atoms with van der Waals surface area (Å²) in [4.78, 5) is 4.18. The Kier molecular flexibility index (Phi) is 9.07. The van der Waals surface area contributed by atoms with Gasteiger partial charge in [-0.3, -0.25) is 4.99 Å². The summed E-state index contributed by atoms with van der Waals surface area (Å²) in [5.74, 6) is 0.540. The van der Waals surface area contributed by atoms with Crippen LogP contribution in [0.15, 0.2) is 40.9 Å². The van der Waals surface area contributed by atoms with Gasteiger partial charge in [-0.1, -0.05) is 23.8 Å². The Morgan fingerprint density at radius 1 is 1.27 bits per heavy atom. The first kappa shape index (κ1) is 18.9. The quantitative estimate of drug-likeness (QED) is 0.334. The first-order chi connectivity index (χ1) is 10.3. The van der Waals surface area contributed by atoms with Crippen LogP contribution in [0.2, 0.25) is 0 Å². The Balaban J connectivity index is 0.00000242. The summed E-state index contributed by atoms with van der Waals surface area (Å²) in [6, 6.07) is 6.46. The van der Waals surface area contributed by atoms with Crippen LogP contribution in [0.4, 0.5) is 4.39 Å². The summed E-state index contributed by atoms with van der Waals surface area (Å²) in [5.41, 5.74) is 2.45. The monoisotopic (exact) mass is 419 g/mol. The van der Waals surface area contributed by atoms with E-state index in [-0.39, 0.29) is 29.8 Å². The molecule has 0 radical (unpaired) electrons. The fourth-order valence-electron chi connectivity index (χ4n) is 2.14. The summed E-state index contributed by atoms with van der Waals surface area (Å²) < 4.78 is 18.1. The molecule has 1 aliphatic rings. The van der Waals surface area contributed by atoms with Crippen LogP contribution in [0.25, 0.3) is 0 Å². The fourth-order valence-corrected chi connectivity index (χ4v) is 2.14. The third-order valence-electron chi connectivity index (χ3n) is 3.39. The summed E-state index contributed by atoms with van der Waals surface area (Å²) in [7, 11) is 1.74. The second kappa shape index (κ2) is 10.6. The van der Waals surface area contributed by atoms with E-state index >= 15 is 0 Å². The average molecular weight is 419 g/mol. The normalized spacial score (nSPS) is 14.8. The van der Waals surface area contributed by atoms with Crippen LogP contribution in [0.5, 0.6) is 0 Å². The molecule has 1 aromatic carbocycles. The molecule has 22 heavy (non-hydrogen) atoms. The second-order valence-corrected chi connectivity index (χ2v) is 4.92. The van der Waals surface area contributed by atoms with Crippen LogP contribution < -0.4 is 10.6 Å². The number of nitrogens with one attached hydrogen (secondary N) is 2. The Morgan fingerprint density at radius 3 is 2.68 bits per heavy atom. The van der Waals surface area contributed by atoms with Crippen LogP contribution in [0, 0.1) is 5.82 Å². The molecule has 1 aromatic rings. The van der Waals surface area contributed by atoms with Crippen molar-refractivity contribution in [3.8, 4) is 0 Å². The number of benzene rings is 1. The molecule has 0 spiro atoms. The van der Waals surface area contributed by atoms with E-state index in [1.54, 1.807) is 19.2 Å². The fraction of sp³-hybridized carbons (Fsp3) is 0.438. The Labute approximate surface area is 148 Å². The summed E-state index contributed by atoms with van der Waals surface area (Å²) in [6.45, 7) is 3.02. The van der Waals surface area contributed by atoms with Crippen molar-refractivity contribution in [1.82, 2.24) is 10.6 Å². The molecule has 0 bridgehead atoms. The van der Waals surface area contributed by atoms with Gasteiger partial charge in [-0.2, -0.15) is 0 Å². The smallest absolute Gasteiger partial charge is 0.191 e. The lowest BCUT2D eigenvalue weighted by Crippen LogP contribution is -2.37. The lowest BCUT2D eigenvalue weighted by molar-refractivity contribution is 0.153. The van der Waals surface area contributed by atoms with Crippen molar-refractivity contribution in [3.05, 3.63) is 47.3 Å². The van der Waals surface area contributed by atoms with Gasteiger partial charge >= 0.3 is 0 Å². The predicted molar refractivity (Wildman–Crippen MR) is 98.2 cm³/mol. The molecular formula is C16H23FIN3O. The number of aliphatic imine (C=N–C) groups is 1. The Hall–Kier alpha value is -1.15. The number of ether oxygens (including phenoxy) is 1. The maximum Gasteiger partial charge on any atom is 0.191 e. The highest BCUT2D eigenvalue weighted by molar-refractivity contribution is 14.0. The maximum atomic E-state index is 12.8. The predicted octanol–water partition coefficient (Wildman–Crippen LogP) is 2.85. The highest BCUT2D eigenvalue weighted by atomic mass is 127. The molecule has 0 amide bonds. The molecule has 0 atom stereocenters. The number of hydrogen-bond acceptors (Lipinski definition) is 2. The molecular weight excluding hydrogens is 396 g/mol. The van der Waals surface area contributed by atoms with Gasteiger partial charge in [0.15, 0.2) is 5.96 Å². The number of guanidine groups is 1. The number of rotatable bonds is 5. The topological polar surface area (TPSA) is 45.7 Å². The van der Waals surface area contributed by atoms with Gasteiger partial charge in [0.25, 0.3) is 0 Å². The molecule has 4 nitrogen and oxygen atoms in total. The first-order valence-electron chi connectivity index (χ1n) is 7.22. The van der Waals surface area contributed by atoms with Crippen molar-refractivity contribution >= 4 is 29.9 Å². The minimum atomic E-state index is -0.217. The van der Waals surface area contributed by atoms with Gasteiger partial charge in [0.05, 0.1) is 13.2 Å². The summed E-state index contributed by atoms with van der Waals surface area (Å²) >= 11 is 0. The van der Waals surface area contributed by atoms with Gasteiger partial charge < -0.3 is 15.4 Å². The first-order valence-corrected chi connectivity index (χ1v) is 7.22. The molecule has 122 valence electrons. The van der Waals surface area contributed by atoms with Crippen LogP contribution in [0.3, 0.4) is 0 Å². The lowest BCUT2D eigenvalue weighted by Gasteiger charge is -2.15. The van der Waals surface area contributed by atoms with Crippen molar-refractivity contribution in [1.29, 1.82) is 0 Å².